The van der Waals surface area contributed by atoms with E-state index in [0.29, 0.717) is 6.54 Å². The number of phenolic OH excluding ortho intramolecular Hbond substituents is 1. The largest absolute Gasteiger partial charge is 0.508 e. The molecular formula is C18H28N2O3S. The maximum atomic E-state index is 12.9. The molecule has 3 rings (SSSR count). The van der Waals surface area contributed by atoms with Crippen molar-refractivity contribution in [2.75, 3.05) is 26.2 Å². The number of phenols is 1. The molecule has 1 N–H and O–H groups in total. The van der Waals surface area contributed by atoms with E-state index in [1.807, 2.05) is 0 Å². The fourth-order valence-electron chi connectivity index (χ4n) is 3.81. The van der Waals surface area contributed by atoms with Gasteiger partial charge in [-0.1, -0.05) is 13.0 Å². The third kappa shape index (κ3) is 3.92. The number of likely N-dealkylation sites (tertiary alicyclic amines) is 1. The predicted octanol–water partition coefficient (Wildman–Crippen LogP) is 2.67. The second-order valence-electron chi connectivity index (χ2n) is 7.22. The van der Waals surface area contributed by atoms with Crippen LogP contribution >= 0.6 is 0 Å². The molecule has 0 spiro atoms. The molecule has 2 heterocycles. The number of aromatic hydroxyl groups is 1. The summed E-state index contributed by atoms with van der Waals surface area (Å²) >= 11 is 0. The molecule has 1 unspecified atom stereocenters. The number of hydrogen-bond acceptors (Lipinski definition) is 4. The number of piperidine rings is 1. The van der Waals surface area contributed by atoms with Crippen molar-refractivity contribution in [3.8, 4) is 5.75 Å². The average molecular weight is 353 g/mol. The Hall–Kier alpha value is -1.11. The van der Waals surface area contributed by atoms with Crippen LogP contribution in [0.1, 0.15) is 39.0 Å². The van der Waals surface area contributed by atoms with Crippen molar-refractivity contribution in [2.24, 2.45) is 5.92 Å². The van der Waals surface area contributed by atoms with E-state index in [2.05, 4.69) is 11.8 Å². The number of hydrogen-bond donors (Lipinski definition) is 1. The summed E-state index contributed by atoms with van der Waals surface area (Å²) in [5, 5.41) is 9.59. The molecule has 2 aliphatic rings. The van der Waals surface area contributed by atoms with Gasteiger partial charge in [0.15, 0.2) is 0 Å². The van der Waals surface area contributed by atoms with E-state index in [4.69, 9.17) is 0 Å². The first-order valence-electron chi connectivity index (χ1n) is 9.00. The van der Waals surface area contributed by atoms with Gasteiger partial charge in [0.25, 0.3) is 0 Å². The second-order valence-corrected chi connectivity index (χ2v) is 9.11. The molecule has 134 valence electrons. The third-order valence-electron chi connectivity index (χ3n) is 5.40. The van der Waals surface area contributed by atoms with Gasteiger partial charge in [-0.3, -0.25) is 0 Å². The summed E-state index contributed by atoms with van der Waals surface area (Å²) in [6.07, 6.45) is 5.24. The maximum absolute atomic E-state index is 12.9. The zero-order valence-corrected chi connectivity index (χ0v) is 15.2. The Morgan fingerprint density at radius 1 is 1.17 bits per heavy atom. The minimum Gasteiger partial charge on any atom is -0.508 e. The highest BCUT2D eigenvalue weighted by Crippen LogP contribution is 2.29. The van der Waals surface area contributed by atoms with Crippen LogP contribution in [0.5, 0.6) is 5.75 Å². The normalized spacial score (nSPS) is 24.5. The van der Waals surface area contributed by atoms with Crippen LogP contribution in [0.2, 0.25) is 0 Å². The Kier molecular flexibility index (Phi) is 5.47. The van der Waals surface area contributed by atoms with Crippen molar-refractivity contribution in [1.29, 1.82) is 0 Å². The van der Waals surface area contributed by atoms with Crippen LogP contribution in [0, 0.1) is 5.92 Å². The van der Waals surface area contributed by atoms with Gasteiger partial charge in [0, 0.05) is 12.6 Å². The summed E-state index contributed by atoms with van der Waals surface area (Å²) in [4.78, 5) is 2.67. The Labute approximate surface area is 145 Å². The molecule has 24 heavy (non-hydrogen) atoms. The summed E-state index contributed by atoms with van der Waals surface area (Å²) in [5.74, 6) is 0.810. The number of rotatable bonds is 5. The van der Waals surface area contributed by atoms with E-state index < -0.39 is 10.0 Å². The molecule has 0 aromatic heterocycles. The van der Waals surface area contributed by atoms with Crippen LogP contribution in [-0.4, -0.2) is 55.0 Å². The molecule has 0 amide bonds. The lowest BCUT2D eigenvalue weighted by molar-refractivity contribution is 0.179. The van der Waals surface area contributed by atoms with Crippen LogP contribution in [0.15, 0.2) is 29.2 Å². The van der Waals surface area contributed by atoms with E-state index in [1.54, 1.807) is 16.4 Å². The van der Waals surface area contributed by atoms with Gasteiger partial charge >= 0.3 is 0 Å². The van der Waals surface area contributed by atoms with Gasteiger partial charge < -0.3 is 10.0 Å². The quantitative estimate of drug-likeness (QED) is 0.885. The van der Waals surface area contributed by atoms with Gasteiger partial charge in [-0.05, 0) is 75.9 Å². The fourth-order valence-corrected chi connectivity index (χ4v) is 5.57. The van der Waals surface area contributed by atoms with Crippen molar-refractivity contribution < 1.29 is 13.5 Å². The van der Waals surface area contributed by atoms with Gasteiger partial charge in [-0.2, -0.15) is 4.31 Å². The van der Waals surface area contributed by atoms with Crippen LogP contribution < -0.4 is 0 Å². The highest BCUT2D eigenvalue weighted by atomic mass is 32.2. The Morgan fingerprint density at radius 2 is 1.92 bits per heavy atom. The Bertz CT molecular complexity index is 654. The molecule has 1 aromatic rings. The highest BCUT2D eigenvalue weighted by Gasteiger charge is 2.35. The summed E-state index contributed by atoms with van der Waals surface area (Å²) in [7, 11) is -3.52. The standard InChI is InChI=1S/C18H28N2O3S/c1-15-7-11-19(12-8-15)13-9-16-4-3-10-20(16)24(22,23)18-6-2-5-17(21)14-18/h2,5-6,14-16,21H,3-4,7-13H2,1H3. The first-order valence-corrected chi connectivity index (χ1v) is 10.4. The maximum Gasteiger partial charge on any atom is 0.243 e. The monoisotopic (exact) mass is 352 g/mol. The topological polar surface area (TPSA) is 60.9 Å². The minimum absolute atomic E-state index is 0.00532. The van der Waals surface area contributed by atoms with Crippen LogP contribution in [0.3, 0.4) is 0 Å². The van der Waals surface area contributed by atoms with E-state index in [9.17, 15) is 13.5 Å². The second kappa shape index (κ2) is 7.42. The molecule has 5 nitrogen and oxygen atoms in total. The van der Waals surface area contributed by atoms with Crippen LogP contribution in [0.4, 0.5) is 0 Å². The van der Waals surface area contributed by atoms with Crippen molar-refractivity contribution in [2.45, 2.75) is 50.0 Å². The van der Waals surface area contributed by atoms with E-state index in [-0.39, 0.29) is 16.7 Å². The molecule has 2 fully saturated rings. The zero-order valence-electron chi connectivity index (χ0n) is 14.4. The summed E-state index contributed by atoms with van der Waals surface area (Å²) in [5.41, 5.74) is 0. The van der Waals surface area contributed by atoms with E-state index in [1.165, 1.54) is 25.0 Å². The Morgan fingerprint density at radius 3 is 2.62 bits per heavy atom. The molecular weight excluding hydrogens is 324 g/mol. The third-order valence-corrected chi connectivity index (χ3v) is 7.35. The summed E-state index contributed by atoms with van der Waals surface area (Å²) in [6.45, 7) is 6.13. The lowest BCUT2D eigenvalue weighted by Gasteiger charge is -2.32. The van der Waals surface area contributed by atoms with Gasteiger partial charge in [-0.25, -0.2) is 8.42 Å². The first-order chi connectivity index (χ1) is 11.5. The number of benzene rings is 1. The number of sulfonamides is 1. The molecule has 6 heteroatoms. The minimum atomic E-state index is -3.52. The van der Waals surface area contributed by atoms with Crippen molar-refractivity contribution in [3.63, 3.8) is 0 Å². The van der Waals surface area contributed by atoms with Gasteiger partial charge in [0.1, 0.15) is 5.75 Å². The van der Waals surface area contributed by atoms with Gasteiger partial charge in [0.2, 0.25) is 10.0 Å². The van der Waals surface area contributed by atoms with E-state index >= 15 is 0 Å². The molecule has 0 bridgehead atoms. The van der Waals surface area contributed by atoms with Gasteiger partial charge in [0.05, 0.1) is 4.90 Å². The Balaban J connectivity index is 1.64. The SMILES string of the molecule is CC1CCN(CCC2CCCN2S(=O)(=O)c2cccc(O)c2)CC1. The number of nitrogens with zero attached hydrogens (tertiary/aromatic N) is 2. The van der Waals surface area contributed by atoms with Gasteiger partial charge in [-0.15, -0.1) is 0 Å². The fraction of sp³-hybridized carbons (Fsp3) is 0.667. The molecule has 2 aliphatic heterocycles. The van der Waals surface area contributed by atoms with E-state index in [0.717, 1.165) is 44.8 Å². The average Bonchev–Trinajstić information content (AvgIpc) is 3.04. The summed E-state index contributed by atoms with van der Waals surface area (Å²) in [6, 6.07) is 6.07. The van der Waals surface area contributed by atoms with Crippen molar-refractivity contribution in [1.82, 2.24) is 9.21 Å². The molecule has 2 saturated heterocycles. The lowest BCUT2D eigenvalue weighted by Crippen LogP contribution is -2.40. The smallest absolute Gasteiger partial charge is 0.243 e. The van der Waals surface area contributed by atoms with Crippen molar-refractivity contribution in [3.05, 3.63) is 24.3 Å². The van der Waals surface area contributed by atoms with Crippen molar-refractivity contribution >= 4 is 10.0 Å². The molecule has 1 atom stereocenters. The summed E-state index contributed by atoms with van der Waals surface area (Å²) < 4.78 is 27.4. The molecule has 0 aliphatic carbocycles. The molecule has 1 aromatic carbocycles. The lowest BCUT2D eigenvalue weighted by atomic mass is 9.99. The van der Waals surface area contributed by atoms with Crippen LogP contribution in [-0.2, 0) is 10.0 Å². The zero-order chi connectivity index (χ0) is 17.2. The predicted molar refractivity (Wildman–Crippen MR) is 94.5 cm³/mol. The molecule has 0 radical (unpaired) electrons. The first kappa shape index (κ1) is 17.7. The highest BCUT2D eigenvalue weighted by molar-refractivity contribution is 7.89. The van der Waals surface area contributed by atoms with Crippen LogP contribution in [0.25, 0.3) is 0 Å². The molecule has 0 saturated carbocycles.